The third-order valence-corrected chi connectivity index (χ3v) is 20.2. The number of nitrogens with zero attached hydrogens (tertiary/aromatic N) is 4. The predicted octanol–water partition coefficient (Wildman–Crippen LogP) is 6.36. The molecule has 200 valence electrons. The molecule has 0 aliphatic rings. The molecule has 0 aromatic rings. The molecule has 4 nitrogen and oxygen atoms in total. The van der Waals surface area contributed by atoms with Crippen LogP contribution in [0.5, 0.6) is 0 Å². The van der Waals surface area contributed by atoms with E-state index in [9.17, 15) is 0 Å². The van der Waals surface area contributed by atoms with E-state index in [0.717, 1.165) is 0 Å². The van der Waals surface area contributed by atoms with Crippen molar-refractivity contribution in [1.82, 2.24) is 19.6 Å². The second-order valence-corrected chi connectivity index (χ2v) is 20.5. The van der Waals surface area contributed by atoms with Gasteiger partial charge in [0.15, 0.2) is 0 Å². The standard InChI is InChI=1S/C28H64GeN4/c1-9-30(10-2)25-17-21-29(22-18-26-31(11-3)12-4,23-19-27-32(13-5)14-6)24-20-28-33(15-7)16-8/h9-28H2,1-8H3. The molecule has 0 aromatic carbocycles. The Morgan fingerprint density at radius 1 is 0.333 bits per heavy atom. The van der Waals surface area contributed by atoms with Gasteiger partial charge in [-0.1, -0.05) is 0 Å². The van der Waals surface area contributed by atoms with Crippen molar-refractivity contribution < 1.29 is 0 Å². The molecule has 0 amide bonds. The van der Waals surface area contributed by atoms with Gasteiger partial charge in [-0.15, -0.1) is 0 Å². The van der Waals surface area contributed by atoms with Gasteiger partial charge in [0.05, 0.1) is 0 Å². The van der Waals surface area contributed by atoms with Gasteiger partial charge in [0, 0.05) is 0 Å². The molecule has 0 atom stereocenters. The average Bonchev–Trinajstić information content (AvgIpc) is 2.85. The molecule has 0 aliphatic carbocycles. The van der Waals surface area contributed by atoms with Crippen LogP contribution in [0, 0.1) is 0 Å². The van der Waals surface area contributed by atoms with Gasteiger partial charge >= 0.3 is 213 Å². The van der Waals surface area contributed by atoms with Crippen molar-refractivity contribution in [1.29, 1.82) is 0 Å². The summed E-state index contributed by atoms with van der Waals surface area (Å²) in [7, 11) is 0. The summed E-state index contributed by atoms with van der Waals surface area (Å²) < 4.78 is 0. The van der Waals surface area contributed by atoms with E-state index < -0.39 is 13.3 Å². The molecule has 0 radical (unpaired) electrons. The zero-order chi connectivity index (χ0) is 25.0. The van der Waals surface area contributed by atoms with Gasteiger partial charge in [0.1, 0.15) is 0 Å². The van der Waals surface area contributed by atoms with Crippen LogP contribution in [0.1, 0.15) is 81.1 Å². The van der Waals surface area contributed by atoms with Crippen molar-refractivity contribution in [3.8, 4) is 0 Å². The molecule has 0 aromatic heterocycles. The molecule has 0 unspecified atom stereocenters. The first-order valence-electron chi connectivity index (χ1n) is 14.9. The first-order chi connectivity index (χ1) is 16.0. The zero-order valence-corrected chi connectivity index (χ0v) is 26.5. The maximum absolute atomic E-state index is 2.65. The summed E-state index contributed by atoms with van der Waals surface area (Å²) in [4.78, 5) is 10.6. The molecule has 0 saturated carbocycles. The van der Waals surface area contributed by atoms with E-state index in [0.29, 0.717) is 0 Å². The van der Waals surface area contributed by atoms with Crippen LogP contribution >= 0.6 is 0 Å². The first kappa shape index (κ1) is 33.4. The van der Waals surface area contributed by atoms with E-state index >= 15 is 0 Å². The summed E-state index contributed by atoms with van der Waals surface area (Å²) in [6.45, 7) is 33.6. The molecule has 0 rings (SSSR count). The Morgan fingerprint density at radius 2 is 0.515 bits per heavy atom. The maximum atomic E-state index is 2.65. The van der Waals surface area contributed by atoms with Crippen LogP contribution in [0.2, 0.25) is 21.0 Å². The number of hydrogen-bond acceptors (Lipinski definition) is 4. The third-order valence-electron chi connectivity index (χ3n) is 8.30. The SMILES string of the molecule is CCN(CC)CC[CH2][Ge]([CH2]CCN(CC)CC)([CH2]CCN(CC)CC)[CH2]CCN(CC)CC. The number of hydrogen-bond donors (Lipinski definition) is 0. The molecule has 0 fully saturated rings. The molecule has 0 bridgehead atoms. The average molecular weight is 529 g/mol. The Balaban J connectivity index is 5.33. The predicted molar refractivity (Wildman–Crippen MR) is 155 cm³/mol. The van der Waals surface area contributed by atoms with Crippen LogP contribution in [-0.2, 0) is 0 Å². The second-order valence-electron chi connectivity index (χ2n) is 10.0. The van der Waals surface area contributed by atoms with Crippen LogP contribution < -0.4 is 0 Å². The molecule has 0 saturated heterocycles. The van der Waals surface area contributed by atoms with Gasteiger partial charge in [-0.3, -0.25) is 0 Å². The summed E-state index contributed by atoms with van der Waals surface area (Å²) in [5.74, 6) is 0. The monoisotopic (exact) mass is 530 g/mol. The quantitative estimate of drug-likeness (QED) is 0.135. The van der Waals surface area contributed by atoms with Crippen LogP contribution in [-0.4, -0.2) is 111 Å². The molecule has 0 heterocycles. The molecule has 0 spiro atoms. The van der Waals surface area contributed by atoms with Crippen LogP contribution in [0.25, 0.3) is 0 Å². The van der Waals surface area contributed by atoms with Crippen LogP contribution in [0.3, 0.4) is 0 Å². The Kier molecular flexibility index (Phi) is 21.9. The number of rotatable bonds is 24. The van der Waals surface area contributed by atoms with E-state index in [4.69, 9.17) is 0 Å². The van der Waals surface area contributed by atoms with Crippen molar-refractivity contribution in [2.24, 2.45) is 0 Å². The Bertz CT molecular complexity index is 327. The minimum absolute atomic E-state index is 1.21. The summed E-state index contributed by atoms with van der Waals surface area (Å²) >= 11 is -1.90. The van der Waals surface area contributed by atoms with Gasteiger partial charge in [-0.25, -0.2) is 0 Å². The van der Waals surface area contributed by atoms with Gasteiger partial charge in [0.25, 0.3) is 0 Å². The van der Waals surface area contributed by atoms with Crippen molar-refractivity contribution in [2.45, 2.75) is 102 Å². The van der Waals surface area contributed by atoms with E-state index in [-0.39, 0.29) is 0 Å². The summed E-state index contributed by atoms with van der Waals surface area (Å²) in [5.41, 5.74) is 0. The topological polar surface area (TPSA) is 13.0 Å². The molecule has 0 N–H and O–H groups in total. The van der Waals surface area contributed by atoms with E-state index in [1.165, 1.54) is 104 Å². The fourth-order valence-electron chi connectivity index (χ4n) is 5.62. The van der Waals surface area contributed by atoms with Gasteiger partial charge in [0.2, 0.25) is 0 Å². The fraction of sp³-hybridized carbons (Fsp3) is 1.00. The summed E-state index contributed by atoms with van der Waals surface area (Å²) in [5, 5.41) is 6.41. The molecular weight excluding hydrogens is 465 g/mol. The summed E-state index contributed by atoms with van der Waals surface area (Å²) in [6, 6.07) is 0. The van der Waals surface area contributed by atoms with E-state index in [1.54, 1.807) is 21.0 Å². The van der Waals surface area contributed by atoms with Crippen molar-refractivity contribution in [3.05, 3.63) is 0 Å². The van der Waals surface area contributed by atoms with Crippen LogP contribution in [0.15, 0.2) is 0 Å². The van der Waals surface area contributed by atoms with Gasteiger partial charge < -0.3 is 0 Å². The van der Waals surface area contributed by atoms with Crippen molar-refractivity contribution in [3.63, 3.8) is 0 Å². The molecule has 33 heavy (non-hydrogen) atoms. The Morgan fingerprint density at radius 3 is 0.667 bits per heavy atom. The van der Waals surface area contributed by atoms with Crippen molar-refractivity contribution >= 4 is 13.3 Å². The molecule has 0 aliphatic heterocycles. The minimum atomic E-state index is -1.90. The second kappa shape index (κ2) is 21.6. The first-order valence-corrected chi connectivity index (χ1v) is 20.8. The molecule has 5 heteroatoms. The zero-order valence-electron chi connectivity index (χ0n) is 24.4. The van der Waals surface area contributed by atoms with Crippen molar-refractivity contribution in [2.75, 3.05) is 78.5 Å². The third kappa shape index (κ3) is 15.2. The van der Waals surface area contributed by atoms with Gasteiger partial charge in [-0.2, -0.15) is 0 Å². The summed E-state index contributed by atoms with van der Waals surface area (Å²) in [6.07, 6.45) is 5.79. The fourth-order valence-corrected chi connectivity index (χ4v) is 16.4. The van der Waals surface area contributed by atoms with Crippen LogP contribution in [0.4, 0.5) is 0 Å². The Hall–Kier alpha value is 0.383. The van der Waals surface area contributed by atoms with E-state index in [1.807, 2.05) is 0 Å². The van der Waals surface area contributed by atoms with E-state index in [2.05, 4.69) is 75.0 Å². The normalized spacial score (nSPS) is 12.7. The van der Waals surface area contributed by atoms with Gasteiger partial charge in [-0.05, 0) is 0 Å². The Labute approximate surface area is 213 Å². The molecular formula is C28H64GeN4.